The fourth-order valence-corrected chi connectivity index (χ4v) is 2.73. The molecule has 2 heterocycles. The van der Waals surface area contributed by atoms with Gasteiger partial charge in [0.25, 0.3) is 5.91 Å². The molecule has 0 saturated carbocycles. The molecule has 0 spiro atoms. The van der Waals surface area contributed by atoms with Gasteiger partial charge in [0.15, 0.2) is 6.04 Å². The molecule has 9 heteroatoms. The van der Waals surface area contributed by atoms with Crippen LogP contribution in [0.5, 0.6) is 0 Å². The van der Waals surface area contributed by atoms with Crippen LogP contribution in [0.4, 0.5) is 0 Å². The normalized spacial score (nSPS) is 16.7. The number of amides is 1. The molecule has 1 aliphatic rings. The Kier molecular flexibility index (Phi) is 4.70. The zero-order valence-electron chi connectivity index (χ0n) is 14.0. The van der Waals surface area contributed by atoms with Crippen LogP contribution in [0.15, 0.2) is 48.6 Å². The number of hydrogen-bond donors (Lipinski definition) is 4. The summed E-state index contributed by atoms with van der Waals surface area (Å²) in [6.45, 7) is 0.306. The molecule has 1 aromatic carbocycles. The summed E-state index contributed by atoms with van der Waals surface area (Å²) in [6.07, 6.45) is 4.70. The average Bonchev–Trinajstić information content (AvgIpc) is 3.15. The number of nitrogens with zero attached hydrogens (tertiary/aromatic N) is 2. The van der Waals surface area contributed by atoms with E-state index < -0.39 is 17.9 Å². The third kappa shape index (κ3) is 3.41. The molecule has 1 unspecified atom stereocenters. The van der Waals surface area contributed by atoms with Crippen LogP contribution < -0.4 is 11.1 Å². The number of rotatable bonds is 5. The maximum atomic E-state index is 12.6. The van der Waals surface area contributed by atoms with Crippen molar-refractivity contribution in [3.8, 4) is 0 Å². The van der Waals surface area contributed by atoms with Crippen molar-refractivity contribution in [1.82, 2.24) is 20.2 Å². The van der Waals surface area contributed by atoms with Crippen LogP contribution >= 0.6 is 0 Å². The van der Waals surface area contributed by atoms with Crippen molar-refractivity contribution in [2.75, 3.05) is 7.11 Å². The number of carbonyl (C=O) groups is 2. The van der Waals surface area contributed by atoms with Crippen molar-refractivity contribution < 1.29 is 14.3 Å². The first-order valence-corrected chi connectivity index (χ1v) is 7.79. The first-order valence-electron chi connectivity index (χ1n) is 7.79. The Morgan fingerprint density at radius 3 is 2.92 bits per heavy atom. The van der Waals surface area contributed by atoms with Crippen molar-refractivity contribution in [3.63, 3.8) is 0 Å². The molecule has 0 saturated heterocycles. The van der Waals surface area contributed by atoms with Gasteiger partial charge < -0.3 is 25.7 Å². The zero-order chi connectivity index (χ0) is 18.7. The minimum absolute atomic E-state index is 0.0445. The number of nitrogens with one attached hydrogen (secondary N) is 3. The molecule has 2 aromatic rings. The monoisotopic (exact) mass is 354 g/mol. The summed E-state index contributed by atoms with van der Waals surface area (Å²) in [4.78, 5) is 33.2. The number of benzene rings is 1. The van der Waals surface area contributed by atoms with Gasteiger partial charge in [-0.05, 0) is 11.6 Å². The van der Waals surface area contributed by atoms with Crippen LogP contribution in [-0.2, 0) is 20.9 Å². The van der Waals surface area contributed by atoms with E-state index in [9.17, 15) is 9.59 Å². The standard InChI is InChI=1S/C17H18N6O3/c1-26-17(25)12-9-23(8-10-3-2-4-11(7-10)14(18)19)13(16(24)22-12)15-20-5-6-21-15/h2-7,9,13H,8H2,1H3,(H3,18,19)(H,20,21)(H,22,24). The van der Waals surface area contributed by atoms with Gasteiger partial charge in [0, 0.05) is 30.7 Å². The number of amidine groups is 1. The fourth-order valence-electron chi connectivity index (χ4n) is 2.73. The van der Waals surface area contributed by atoms with Crippen molar-refractivity contribution in [3.05, 3.63) is 65.5 Å². The number of aromatic nitrogens is 2. The van der Waals surface area contributed by atoms with Crippen LogP contribution in [0.3, 0.4) is 0 Å². The lowest BCUT2D eigenvalue weighted by Gasteiger charge is -2.33. The summed E-state index contributed by atoms with van der Waals surface area (Å²) in [6, 6.07) is 6.39. The molecule has 3 rings (SSSR count). The summed E-state index contributed by atoms with van der Waals surface area (Å²) in [7, 11) is 1.24. The highest BCUT2D eigenvalue weighted by molar-refractivity contribution is 5.97. The lowest BCUT2D eigenvalue weighted by Crippen LogP contribution is -2.45. The Morgan fingerprint density at radius 2 is 2.27 bits per heavy atom. The first-order chi connectivity index (χ1) is 12.5. The van der Waals surface area contributed by atoms with Gasteiger partial charge in [-0.15, -0.1) is 0 Å². The molecule has 0 bridgehead atoms. The summed E-state index contributed by atoms with van der Waals surface area (Å²) in [5.74, 6) is -0.633. The van der Waals surface area contributed by atoms with E-state index in [1.807, 2.05) is 6.07 Å². The zero-order valence-corrected chi connectivity index (χ0v) is 14.0. The molecule has 134 valence electrons. The van der Waals surface area contributed by atoms with Crippen molar-refractivity contribution in [1.29, 1.82) is 5.41 Å². The predicted octanol–water partition coefficient (Wildman–Crippen LogP) is 0.381. The molecule has 9 nitrogen and oxygen atoms in total. The summed E-state index contributed by atoms with van der Waals surface area (Å²) < 4.78 is 4.70. The molecule has 0 radical (unpaired) electrons. The number of methoxy groups -OCH3 is 1. The molecule has 0 aliphatic carbocycles. The van der Waals surface area contributed by atoms with E-state index in [0.717, 1.165) is 5.56 Å². The maximum Gasteiger partial charge on any atom is 0.356 e. The molecule has 5 N–H and O–H groups in total. The van der Waals surface area contributed by atoms with Gasteiger partial charge in [0.05, 0.1) is 7.11 Å². The Morgan fingerprint density at radius 1 is 1.46 bits per heavy atom. The van der Waals surface area contributed by atoms with Crippen LogP contribution in [0, 0.1) is 5.41 Å². The molecule has 1 aromatic heterocycles. The molecular formula is C17H18N6O3. The van der Waals surface area contributed by atoms with Crippen molar-refractivity contribution in [2.24, 2.45) is 5.73 Å². The van der Waals surface area contributed by atoms with Gasteiger partial charge in [0.1, 0.15) is 17.4 Å². The van der Waals surface area contributed by atoms with E-state index in [0.29, 0.717) is 17.9 Å². The molecule has 26 heavy (non-hydrogen) atoms. The number of ether oxygens (including phenoxy) is 1. The minimum atomic E-state index is -0.737. The summed E-state index contributed by atoms with van der Waals surface area (Å²) in [5, 5.41) is 10.1. The number of imidazole rings is 1. The van der Waals surface area contributed by atoms with Gasteiger partial charge in [-0.3, -0.25) is 10.2 Å². The smallest absolute Gasteiger partial charge is 0.356 e. The lowest BCUT2D eigenvalue weighted by atomic mass is 10.1. The second kappa shape index (κ2) is 7.09. The molecular weight excluding hydrogens is 336 g/mol. The van der Waals surface area contributed by atoms with Gasteiger partial charge in [-0.25, -0.2) is 9.78 Å². The van der Waals surface area contributed by atoms with E-state index in [1.165, 1.54) is 13.3 Å². The van der Waals surface area contributed by atoms with Gasteiger partial charge in [-0.2, -0.15) is 0 Å². The highest BCUT2D eigenvalue weighted by Gasteiger charge is 2.34. The number of H-pyrrole nitrogens is 1. The van der Waals surface area contributed by atoms with Crippen LogP contribution in [0.25, 0.3) is 0 Å². The molecule has 1 atom stereocenters. The summed E-state index contributed by atoms with van der Waals surface area (Å²) in [5.41, 5.74) is 6.99. The van der Waals surface area contributed by atoms with E-state index in [4.69, 9.17) is 15.9 Å². The molecule has 1 aliphatic heterocycles. The third-order valence-corrected chi connectivity index (χ3v) is 3.92. The number of hydrogen-bond acceptors (Lipinski definition) is 6. The number of esters is 1. The third-order valence-electron chi connectivity index (χ3n) is 3.92. The van der Waals surface area contributed by atoms with Gasteiger partial charge in [-0.1, -0.05) is 18.2 Å². The summed E-state index contributed by atoms with van der Waals surface area (Å²) >= 11 is 0. The van der Waals surface area contributed by atoms with E-state index in [-0.39, 0.29) is 11.5 Å². The molecule has 0 fully saturated rings. The second-order valence-electron chi connectivity index (χ2n) is 5.69. The largest absolute Gasteiger partial charge is 0.464 e. The highest BCUT2D eigenvalue weighted by atomic mass is 16.5. The van der Waals surface area contributed by atoms with Crippen molar-refractivity contribution in [2.45, 2.75) is 12.6 Å². The number of aromatic amines is 1. The highest BCUT2D eigenvalue weighted by Crippen LogP contribution is 2.25. The SMILES string of the molecule is COC(=O)C1=CN(Cc2cccc(C(=N)N)c2)C(c2ncc[nH]2)C(=O)N1. The van der Waals surface area contributed by atoms with Crippen LogP contribution in [0.2, 0.25) is 0 Å². The fraction of sp³-hybridized carbons (Fsp3) is 0.176. The Hall–Kier alpha value is -3.62. The molecule has 1 amide bonds. The Balaban J connectivity index is 1.97. The number of nitrogen functional groups attached to an aromatic ring is 1. The average molecular weight is 354 g/mol. The van der Waals surface area contributed by atoms with Gasteiger partial charge >= 0.3 is 5.97 Å². The first kappa shape index (κ1) is 17.2. The second-order valence-corrected chi connectivity index (χ2v) is 5.69. The van der Waals surface area contributed by atoms with Crippen LogP contribution in [0.1, 0.15) is 23.0 Å². The van der Waals surface area contributed by atoms with Crippen molar-refractivity contribution >= 4 is 17.7 Å². The van der Waals surface area contributed by atoms with E-state index in [1.54, 1.807) is 35.5 Å². The topological polar surface area (TPSA) is 137 Å². The van der Waals surface area contributed by atoms with Crippen LogP contribution in [-0.4, -0.2) is 39.7 Å². The number of carbonyl (C=O) groups excluding carboxylic acids is 2. The maximum absolute atomic E-state index is 12.6. The minimum Gasteiger partial charge on any atom is -0.464 e. The Labute approximate surface area is 149 Å². The lowest BCUT2D eigenvalue weighted by molar-refractivity contribution is -0.139. The Bertz CT molecular complexity index is 874. The predicted molar refractivity (Wildman–Crippen MR) is 92.6 cm³/mol. The van der Waals surface area contributed by atoms with E-state index >= 15 is 0 Å². The van der Waals surface area contributed by atoms with E-state index in [2.05, 4.69) is 15.3 Å². The number of nitrogens with two attached hydrogens (primary N) is 1. The van der Waals surface area contributed by atoms with Gasteiger partial charge in [0.2, 0.25) is 0 Å². The quantitative estimate of drug-likeness (QED) is 0.348.